The molecule has 9 aromatic rings. The van der Waals surface area contributed by atoms with Crippen LogP contribution in [-0.2, 0) is 5.41 Å². The van der Waals surface area contributed by atoms with Gasteiger partial charge in [0.25, 0.3) is 0 Å². The van der Waals surface area contributed by atoms with E-state index < -0.39 is 0 Å². The molecular formula is C53H38N2. The van der Waals surface area contributed by atoms with Crippen LogP contribution < -0.4 is 0 Å². The Morgan fingerprint density at radius 2 is 0.873 bits per heavy atom. The quantitative estimate of drug-likeness (QED) is 0.172. The molecular weight excluding hydrogens is 665 g/mol. The standard InChI is InChI=1S/C53H38N2/c1-53(2)46-25-13-24-45(50(46)51-44-23-10-9-16-37(44)30-31-47(51)53)38-28-26-36(27-29-38)41-20-12-22-43(33-41)52-54-48(39-17-7-4-8-18-39)34-49(55-52)42-21-11-19-40(32-42)35-14-5-3-6-15-35/h3-34H,1-2H3. The number of aromatic nitrogens is 2. The molecule has 8 aromatic carbocycles. The zero-order chi connectivity index (χ0) is 36.9. The van der Waals surface area contributed by atoms with Gasteiger partial charge < -0.3 is 0 Å². The van der Waals surface area contributed by atoms with Gasteiger partial charge in [0, 0.05) is 22.1 Å². The average Bonchev–Trinajstić information content (AvgIpc) is 3.50. The summed E-state index contributed by atoms with van der Waals surface area (Å²) in [5, 5.41) is 2.60. The van der Waals surface area contributed by atoms with Crippen molar-refractivity contribution in [3.05, 3.63) is 205 Å². The lowest BCUT2D eigenvalue weighted by molar-refractivity contribution is 0.661. The van der Waals surface area contributed by atoms with Crippen molar-refractivity contribution < 1.29 is 0 Å². The first kappa shape index (κ1) is 32.7. The molecule has 55 heavy (non-hydrogen) atoms. The molecule has 0 spiro atoms. The second-order valence-corrected chi connectivity index (χ2v) is 15.0. The average molecular weight is 703 g/mol. The molecule has 0 fully saturated rings. The van der Waals surface area contributed by atoms with Gasteiger partial charge in [-0.25, -0.2) is 9.97 Å². The van der Waals surface area contributed by atoms with Gasteiger partial charge in [0.1, 0.15) is 0 Å². The molecule has 0 saturated heterocycles. The molecule has 10 rings (SSSR count). The fourth-order valence-electron chi connectivity index (χ4n) is 8.44. The van der Waals surface area contributed by atoms with Gasteiger partial charge in [-0.1, -0.05) is 190 Å². The van der Waals surface area contributed by atoms with Crippen molar-refractivity contribution in [1.82, 2.24) is 9.97 Å². The Kier molecular flexibility index (Phi) is 7.85. The summed E-state index contributed by atoms with van der Waals surface area (Å²) in [4.78, 5) is 10.3. The monoisotopic (exact) mass is 702 g/mol. The zero-order valence-corrected chi connectivity index (χ0v) is 30.9. The highest BCUT2D eigenvalue weighted by atomic mass is 14.9. The highest BCUT2D eigenvalue weighted by Crippen LogP contribution is 2.54. The number of fused-ring (bicyclic) bond motifs is 5. The molecule has 2 heteroatoms. The summed E-state index contributed by atoms with van der Waals surface area (Å²) in [5.74, 6) is 0.702. The number of hydrogen-bond acceptors (Lipinski definition) is 2. The van der Waals surface area contributed by atoms with Gasteiger partial charge in [0.15, 0.2) is 5.82 Å². The van der Waals surface area contributed by atoms with Crippen molar-refractivity contribution in [2.45, 2.75) is 19.3 Å². The largest absolute Gasteiger partial charge is 0.228 e. The van der Waals surface area contributed by atoms with E-state index in [2.05, 4.69) is 202 Å². The van der Waals surface area contributed by atoms with E-state index in [1.807, 2.05) is 6.07 Å². The third kappa shape index (κ3) is 5.75. The molecule has 0 radical (unpaired) electrons. The molecule has 0 unspecified atom stereocenters. The lowest BCUT2D eigenvalue weighted by Gasteiger charge is -2.21. The molecule has 0 saturated carbocycles. The highest BCUT2D eigenvalue weighted by molar-refractivity contribution is 6.06. The predicted octanol–water partition coefficient (Wildman–Crippen LogP) is 13.9. The Labute approximate surface area is 322 Å². The van der Waals surface area contributed by atoms with Crippen molar-refractivity contribution >= 4 is 10.8 Å². The Bertz CT molecular complexity index is 2870. The van der Waals surface area contributed by atoms with Crippen LogP contribution in [-0.4, -0.2) is 9.97 Å². The summed E-state index contributed by atoms with van der Waals surface area (Å²) in [6.07, 6.45) is 0. The fraction of sp³-hybridized carbons (Fsp3) is 0.0566. The maximum atomic E-state index is 5.20. The highest BCUT2D eigenvalue weighted by Gasteiger charge is 2.37. The van der Waals surface area contributed by atoms with Crippen LogP contribution in [0.2, 0.25) is 0 Å². The van der Waals surface area contributed by atoms with Gasteiger partial charge in [0.05, 0.1) is 11.4 Å². The normalized spacial score (nSPS) is 12.7. The molecule has 1 aliphatic rings. The van der Waals surface area contributed by atoms with Gasteiger partial charge in [-0.3, -0.25) is 0 Å². The fourth-order valence-corrected chi connectivity index (χ4v) is 8.44. The molecule has 0 amide bonds. The molecule has 0 N–H and O–H groups in total. The van der Waals surface area contributed by atoms with Crippen molar-refractivity contribution in [3.63, 3.8) is 0 Å². The summed E-state index contributed by atoms with van der Waals surface area (Å²) < 4.78 is 0. The third-order valence-corrected chi connectivity index (χ3v) is 11.3. The van der Waals surface area contributed by atoms with E-state index in [0.717, 1.165) is 44.8 Å². The van der Waals surface area contributed by atoms with Crippen LogP contribution in [0.1, 0.15) is 25.0 Å². The molecule has 2 nitrogen and oxygen atoms in total. The third-order valence-electron chi connectivity index (χ3n) is 11.3. The Morgan fingerprint density at radius 1 is 0.345 bits per heavy atom. The van der Waals surface area contributed by atoms with Crippen LogP contribution in [0.3, 0.4) is 0 Å². The molecule has 260 valence electrons. The van der Waals surface area contributed by atoms with Crippen LogP contribution in [0.15, 0.2) is 194 Å². The maximum Gasteiger partial charge on any atom is 0.160 e. The summed E-state index contributed by atoms with van der Waals surface area (Å²) in [5.41, 5.74) is 17.4. The first-order valence-electron chi connectivity index (χ1n) is 19.0. The first-order chi connectivity index (χ1) is 27.0. The SMILES string of the molecule is CC1(C)c2cccc(-c3ccc(-c4cccc(-c5nc(-c6ccccc6)cc(-c6cccc(-c7ccccc7)c6)n5)c4)cc3)c2-c2c1ccc1ccccc21. The summed E-state index contributed by atoms with van der Waals surface area (Å²) in [7, 11) is 0. The van der Waals surface area contributed by atoms with Crippen LogP contribution in [0, 0.1) is 0 Å². The molecule has 1 aliphatic carbocycles. The van der Waals surface area contributed by atoms with E-state index >= 15 is 0 Å². The van der Waals surface area contributed by atoms with Gasteiger partial charge >= 0.3 is 0 Å². The van der Waals surface area contributed by atoms with Crippen LogP contribution in [0.5, 0.6) is 0 Å². The summed E-state index contributed by atoms with van der Waals surface area (Å²) in [6, 6.07) is 69.5. The lowest BCUT2D eigenvalue weighted by Crippen LogP contribution is -2.14. The summed E-state index contributed by atoms with van der Waals surface area (Å²) in [6.45, 7) is 4.71. The predicted molar refractivity (Wildman–Crippen MR) is 230 cm³/mol. The zero-order valence-electron chi connectivity index (χ0n) is 30.9. The summed E-state index contributed by atoms with van der Waals surface area (Å²) >= 11 is 0. The second-order valence-electron chi connectivity index (χ2n) is 15.0. The van der Waals surface area contributed by atoms with E-state index in [9.17, 15) is 0 Å². The number of rotatable bonds is 6. The van der Waals surface area contributed by atoms with E-state index in [1.54, 1.807) is 0 Å². The number of hydrogen-bond donors (Lipinski definition) is 0. The van der Waals surface area contributed by atoms with Crippen molar-refractivity contribution in [2.24, 2.45) is 0 Å². The smallest absolute Gasteiger partial charge is 0.160 e. The molecule has 1 aromatic heterocycles. The molecule has 0 atom stereocenters. The Balaban J connectivity index is 1.04. The van der Waals surface area contributed by atoms with Gasteiger partial charge in [-0.2, -0.15) is 0 Å². The molecule has 0 bridgehead atoms. The van der Waals surface area contributed by atoms with Crippen molar-refractivity contribution in [1.29, 1.82) is 0 Å². The molecule has 1 heterocycles. The first-order valence-corrected chi connectivity index (χ1v) is 19.0. The van der Waals surface area contributed by atoms with Crippen LogP contribution in [0.25, 0.3) is 89.2 Å². The van der Waals surface area contributed by atoms with Crippen LogP contribution >= 0.6 is 0 Å². The number of nitrogens with zero attached hydrogens (tertiary/aromatic N) is 2. The minimum absolute atomic E-state index is 0.0739. The van der Waals surface area contributed by atoms with Gasteiger partial charge in [-0.15, -0.1) is 0 Å². The van der Waals surface area contributed by atoms with Crippen LogP contribution in [0.4, 0.5) is 0 Å². The topological polar surface area (TPSA) is 25.8 Å². The van der Waals surface area contributed by atoms with E-state index in [4.69, 9.17) is 9.97 Å². The molecule has 0 aliphatic heterocycles. The lowest BCUT2D eigenvalue weighted by atomic mass is 9.81. The van der Waals surface area contributed by atoms with E-state index in [-0.39, 0.29) is 5.41 Å². The van der Waals surface area contributed by atoms with E-state index in [0.29, 0.717) is 5.82 Å². The van der Waals surface area contributed by atoms with Gasteiger partial charge in [-0.05, 0) is 84.6 Å². The second kappa shape index (κ2) is 13.2. The van der Waals surface area contributed by atoms with E-state index in [1.165, 1.54) is 49.7 Å². The number of benzene rings is 8. The Hall–Kier alpha value is -6.90. The van der Waals surface area contributed by atoms with Crippen molar-refractivity contribution in [2.75, 3.05) is 0 Å². The maximum absolute atomic E-state index is 5.20. The minimum Gasteiger partial charge on any atom is -0.228 e. The van der Waals surface area contributed by atoms with Crippen molar-refractivity contribution in [3.8, 4) is 78.4 Å². The van der Waals surface area contributed by atoms with Gasteiger partial charge in [0.2, 0.25) is 0 Å². The Morgan fingerprint density at radius 3 is 1.62 bits per heavy atom. The minimum atomic E-state index is -0.0739.